The number of carbonyl (C=O) groups is 1. The molecule has 0 atom stereocenters. The maximum atomic E-state index is 12.0. The smallest absolute Gasteiger partial charge is 0.230 e. The Morgan fingerprint density at radius 2 is 1.90 bits per heavy atom. The van der Waals surface area contributed by atoms with E-state index in [0.29, 0.717) is 5.75 Å². The Bertz CT molecular complexity index is 480. The average Bonchev–Trinajstić information content (AvgIpc) is 2.24. The first-order chi connectivity index (χ1) is 9.57. The van der Waals surface area contributed by atoms with Crippen LogP contribution in [0.5, 0.6) is 0 Å². The molecule has 21 heavy (non-hydrogen) atoms. The average molecular weight is 328 g/mol. The van der Waals surface area contributed by atoms with Crippen LogP contribution >= 0.6 is 23.4 Å². The van der Waals surface area contributed by atoms with E-state index in [1.54, 1.807) is 11.8 Å². The Labute approximate surface area is 138 Å². The highest BCUT2D eigenvalue weighted by Crippen LogP contribution is 2.27. The van der Waals surface area contributed by atoms with E-state index >= 15 is 0 Å². The monoisotopic (exact) mass is 327 g/mol. The molecule has 1 amide bonds. The van der Waals surface area contributed by atoms with Crippen LogP contribution in [0.25, 0.3) is 0 Å². The number of amides is 1. The molecule has 0 radical (unpaired) electrons. The Balaban J connectivity index is 2.37. The van der Waals surface area contributed by atoms with Crippen molar-refractivity contribution in [3.05, 3.63) is 34.9 Å². The van der Waals surface area contributed by atoms with Crippen LogP contribution < -0.4 is 5.32 Å². The molecular weight excluding hydrogens is 302 g/mol. The maximum absolute atomic E-state index is 12.0. The molecular formula is C17H26ClNOS. The van der Waals surface area contributed by atoms with Gasteiger partial charge in [0.15, 0.2) is 0 Å². The Morgan fingerprint density at radius 3 is 2.48 bits per heavy atom. The van der Waals surface area contributed by atoms with E-state index in [-0.39, 0.29) is 16.9 Å². The van der Waals surface area contributed by atoms with Crippen LogP contribution in [-0.4, -0.2) is 17.2 Å². The molecule has 1 N–H and O–H groups in total. The summed E-state index contributed by atoms with van der Waals surface area (Å²) >= 11 is 7.56. The zero-order valence-corrected chi connectivity index (χ0v) is 15.2. The zero-order chi connectivity index (χ0) is 16.1. The fourth-order valence-corrected chi connectivity index (χ4v) is 3.66. The van der Waals surface area contributed by atoms with Crippen molar-refractivity contribution in [3.63, 3.8) is 0 Å². The van der Waals surface area contributed by atoms with E-state index in [1.807, 2.05) is 24.3 Å². The van der Waals surface area contributed by atoms with Gasteiger partial charge in [0.05, 0.1) is 5.75 Å². The van der Waals surface area contributed by atoms with E-state index in [0.717, 1.165) is 22.8 Å². The Kier molecular flexibility index (Phi) is 6.61. The van der Waals surface area contributed by atoms with Gasteiger partial charge in [0, 0.05) is 16.3 Å². The first-order valence-electron chi connectivity index (χ1n) is 7.21. The van der Waals surface area contributed by atoms with Crippen molar-refractivity contribution >= 4 is 29.3 Å². The first kappa shape index (κ1) is 18.4. The van der Waals surface area contributed by atoms with Crippen LogP contribution in [0, 0.1) is 5.41 Å². The molecule has 2 nitrogen and oxygen atoms in total. The SMILES string of the molecule is CC(C)(C)CC(C)(C)NC(=O)CSCc1cccc(Cl)c1. The van der Waals surface area contributed by atoms with Crippen molar-refractivity contribution in [1.82, 2.24) is 5.32 Å². The van der Waals surface area contributed by atoms with E-state index < -0.39 is 0 Å². The fourth-order valence-electron chi connectivity index (χ4n) is 2.67. The van der Waals surface area contributed by atoms with E-state index in [1.165, 1.54) is 0 Å². The molecule has 0 aromatic heterocycles. The summed E-state index contributed by atoms with van der Waals surface area (Å²) in [6, 6.07) is 7.76. The van der Waals surface area contributed by atoms with Crippen molar-refractivity contribution in [2.45, 2.75) is 52.3 Å². The number of nitrogens with one attached hydrogen (secondary N) is 1. The van der Waals surface area contributed by atoms with Crippen LogP contribution in [0.15, 0.2) is 24.3 Å². The van der Waals surface area contributed by atoms with Crippen LogP contribution in [0.4, 0.5) is 0 Å². The summed E-state index contributed by atoms with van der Waals surface area (Å²) in [6.07, 6.45) is 0.949. The van der Waals surface area contributed by atoms with Gasteiger partial charge >= 0.3 is 0 Å². The molecule has 0 aliphatic rings. The molecule has 0 spiro atoms. The molecule has 4 heteroatoms. The molecule has 0 saturated heterocycles. The Morgan fingerprint density at radius 1 is 1.24 bits per heavy atom. The quantitative estimate of drug-likeness (QED) is 0.804. The predicted octanol–water partition coefficient (Wildman–Crippen LogP) is 4.90. The standard InChI is InChI=1S/C17H26ClNOS/c1-16(2,3)12-17(4,5)19-15(20)11-21-10-13-7-6-8-14(18)9-13/h6-9H,10-12H2,1-5H3,(H,19,20). The highest BCUT2D eigenvalue weighted by molar-refractivity contribution is 7.99. The van der Waals surface area contributed by atoms with Gasteiger partial charge < -0.3 is 5.32 Å². The van der Waals surface area contributed by atoms with E-state index in [9.17, 15) is 4.79 Å². The normalized spacial score (nSPS) is 12.3. The molecule has 0 unspecified atom stereocenters. The second-order valence-electron chi connectivity index (χ2n) is 7.29. The van der Waals surface area contributed by atoms with Crippen LogP contribution in [0.3, 0.4) is 0 Å². The van der Waals surface area contributed by atoms with Crippen molar-refractivity contribution in [2.24, 2.45) is 5.41 Å². The van der Waals surface area contributed by atoms with Crippen LogP contribution in [-0.2, 0) is 10.5 Å². The summed E-state index contributed by atoms with van der Waals surface area (Å²) in [7, 11) is 0. The van der Waals surface area contributed by atoms with Gasteiger partial charge in [0.25, 0.3) is 0 Å². The lowest BCUT2D eigenvalue weighted by molar-refractivity contribution is -0.120. The lowest BCUT2D eigenvalue weighted by Crippen LogP contribution is -2.46. The Hall–Kier alpha value is -0.670. The number of benzene rings is 1. The highest BCUT2D eigenvalue weighted by Gasteiger charge is 2.26. The van der Waals surface area contributed by atoms with Crippen molar-refractivity contribution in [2.75, 3.05) is 5.75 Å². The van der Waals surface area contributed by atoms with Crippen molar-refractivity contribution in [1.29, 1.82) is 0 Å². The molecule has 0 bridgehead atoms. The number of hydrogen-bond acceptors (Lipinski definition) is 2. The molecule has 0 heterocycles. The number of thioether (sulfide) groups is 1. The molecule has 0 aliphatic heterocycles. The molecule has 0 fully saturated rings. The summed E-state index contributed by atoms with van der Waals surface area (Å²) in [5, 5.41) is 3.86. The maximum Gasteiger partial charge on any atom is 0.230 e. The van der Waals surface area contributed by atoms with E-state index in [4.69, 9.17) is 11.6 Å². The van der Waals surface area contributed by atoms with Crippen LogP contribution in [0.2, 0.25) is 5.02 Å². The molecule has 118 valence electrons. The van der Waals surface area contributed by atoms with Gasteiger partial charge in [0.1, 0.15) is 0 Å². The second kappa shape index (κ2) is 7.55. The zero-order valence-electron chi connectivity index (χ0n) is 13.6. The molecule has 1 aromatic carbocycles. The predicted molar refractivity (Wildman–Crippen MR) is 93.9 cm³/mol. The van der Waals surface area contributed by atoms with Gasteiger partial charge in [-0.15, -0.1) is 11.8 Å². The van der Waals surface area contributed by atoms with E-state index in [2.05, 4.69) is 39.9 Å². The van der Waals surface area contributed by atoms with Crippen molar-refractivity contribution in [3.8, 4) is 0 Å². The first-order valence-corrected chi connectivity index (χ1v) is 8.74. The molecule has 1 aromatic rings. The summed E-state index contributed by atoms with van der Waals surface area (Å²) in [5.41, 5.74) is 1.17. The number of hydrogen-bond donors (Lipinski definition) is 1. The largest absolute Gasteiger partial charge is 0.350 e. The summed E-state index contributed by atoms with van der Waals surface area (Å²) < 4.78 is 0. The van der Waals surface area contributed by atoms with Gasteiger partial charge in [-0.3, -0.25) is 4.79 Å². The van der Waals surface area contributed by atoms with Crippen LogP contribution in [0.1, 0.15) is 46.6 Å². The van der Waals surface area contributed by atoms with Gasteiger partial charge in [-0.05, 0) is 43.4 Å². The summed E-state index contributed by atoms with van der Waals surface area (Å²) in [6.45, 7) is 10.7. The minimum Gasteiger partial charge on any atom is -0.350 e. The minimum absolute atomic E-state index is 0.0938. The third-order valence-electron chi connectivity index (χ3n) is 2.84. The topological polar surface area (TPSA) is 29.1 Å². The van der Waals surface area contributed by atoms with Crippen molar-refractivity contribution < 1.29 is 4.79 Å². The second-order valence-corrected chi connectivity index (χ2v) is 8.71. The van der Waals surface area contributed by atoms with Gasteiger partial charge in [-0.2, -0.15) is 0 Å². The lowest BCUT2D eigenvalue weighted by Gasteiger charge is -2.33. The fraction of sp³-hybridized carbons (Fsp3) is 0.588. The third kappa shape index (κ3) is 8.37. The summed E-state index contributed by atoms with van der Waals surface area (Å²) in [5.74, 6) is 1.37. The molecule has 0 saturated carbocycles. The molecule has 1 rings (SSSR count). The highest BCUT2D eigenvalue weighted by atomic mass is 35.5. The van der Waals surface area contributed by atoms with Gasteiger partial charge in [-0.25, -0.2) is 0 Å². The minimum atomic E-state index is -0.175. The number of halogens is 1. The van der Waals surface area contributed by atoms with Gasteiger partial charge in [-0.1, -0.05) is 44.5 Å². The lowest BCUT2D eigenvalue weighted by atomic mass is 9.82. The summed E-state index contributed by atoms with van der Waals surface area (Å²) in [4.78, 5) is 12.0. The number of rotatable bonds is 6. The number of carbonyl (C=O) groups excluding carboxylic acids is 1. The van der Waals surface area contributed by atoms with Gasteiger partial charge in [0.2, 0.25) is 5.91 Å². The molecule has 0 aliphatic carbocycles. The third-order valence-corrected chi connectivity index (χ3v) is 4.08.